The molecule has 30 heavy (non-hydrogen) atoms. The number of para-hydroxylation sites is 1. The number of hydrogen-bond donors (Lipinski definition) is 0. The molecule has 0 saturated heterocycles. The van der Waals surface area contributed by atoms with Crippen molar-refractivity contribution in [2.45, 2.75) is 41.0 Å². The summed E-state index contributed by atoms with van der Waals surface area (Å²) in [6.07, 6.45) is 0.397. The molecule has 4 nitrogen and oxygen atoms in total. The van der Waals surface area contributed by atoms with Crippen molar-refractivity contribution < 1.29 is 4.79 Å². The Morgan fingerprint density at radius 1 is 0.967 bits per heavy atom. The van der Waals surface area contributed by atoms with Gasteiger partial charge in [0.15, 0.2) is 5.13 Å². The molecule has 0 atom stereocenters. The number of carbonyl (C=O) groups excluding carboxylic acids is 1. The van der Waals surface area contributed by atoms with Gasteiger partial charge in [-0.25, -0.2) is 4.98 Å². The van der Waals surface area contributed by atoms with Crippen molar-refractivity contribution >= 4 is 45.0 Å². The molecule has 0 unspecified atom stereocenters. The maximum Gasteiger partial charge on any atom is 0.233 e. The predicted octanol–water partition coefficient (Wildman–Crippen LogP) is 5.56. The van der Waals surface area contributed by atoms with Crippen LogP contribution in [0.1, 0.15) is 36.1 Å². The second-order valence-corrected chi connectivity index (χ2v) is 8.59. The lowest BCUT2D eigenvalue weighted by Gasteiger charge is -2.25. The number of likely N-dealkylation sites (N-methyl/N-ethyl adjacent to an activating group) is 1. The Labute approximate surface area is 190 Å². The number of benzene rings is 2. The van der Waals surface area contributed by atoms with Crippen molar-refractivity contribution in [1.82, 2.24) is 9.88 Å². The number of thiazole rings is 1. The summed E-state index contributed by atoms with van der Waals surface area (Å²) in [6.45, 7) is 14.0. The molecule has 0 saturated carbocycles. The Bertz CT molecular complexity index is 997. The molecule has 6 heteroatoms. The standard InChI is InChI=1S/C24H31N3OS.ClH/c1-6-26(7-2)13-14-27(22(28)16-20-12-11-17(3)19(5)15-20)24-25-23-18(4)9-8-10-21(23)29-24;/h8-12,15H,6-7,13-14,16H2,1-5H3;1H. The van der Waals surface area contributed by atoms with Gasteiger partial charge in [0.2, 0.25) is 5.91 Å². The van der Waals surface area contributed by atoms with E-state index in [9.17, 15) is 4.79 Å². The van der Waals surface area contributed by atoms with E-state index in [0.29, 0.717) is 13.0 Å². The van der Waals surface area contributed by atoms with Gasteiger partial charge in [-0.1, -0.05) is 55.5 Å². The lowest BCUT2D eigenvalue weighted by molar-refractivity contribution is -0.118. The van der Waals surface area contributed by atoms with Gasteiger partial charge in [0, 0.05) is 13.1 Å². The lowest BCUT2D eigenvalue weighted by Crippen LogP contribution is -2.39. The number of anilines is 1. The van der Waals surface area contributed by atoms with E-state index in [4.69, 9.17) is 4.98 Å². The van der Waals surface area contributed by atoms with Crippen molar-refractivity contribution in [3.8, 4) is 0 Å². The van der Waals surface area contributed by atoms with Gasteiger partial charge in [-0.3, -0.25) is 9.69 Å². The number of fused-ring (bicyclic) bond motifs is 1. The van der Waals surface area contributed by atoms with Crippen LogP contribution in [-0.4, -0.2) is 42.0 Å². The summed E-state index contributed by atoms with van der Waals surface area (Å²) in [4.78, 5) is 22.4. The third kappa shape index (κ3) is 5.60. The van der Waals surface area contributed by atoms with E-state index in [2.05, 4.69) is 75.9 Å². The van der Waals surface area contributed by atoms with E-state index in [-0.39, 0.29) is 18.3 Å². The minimum atomic E-state index is 0. The van der Waals surface area contributed by atoms with Crippen molar-refractivity contribution in [3.63, 3.8) is 0 Å². The quantitative estimate of drug-likeness (QED) is 0.455. The summed E-state index contributed by atoms with van der Waals surface area (Å²) in [5.74, 6) is 0.108. The third-order valence-corrected chi connectivity index (χ3v) is 6.65. The number of halogens is 1. The average Bonchev–Trinajstić information content (AvgIpc) is 3.13. The summed E-state index contributed by atoms with van der Waals surface area (Å²) in [6, 6.07) is 12.5. The highest BCUT2D eigenvalue weighted by Gasteiger charge is 2.21. The van der Waals surface area contributed by atoms with E-state index in [0.717, 1.165) is 46.1 Å². The molecule has 3 aromatic rings. The zero-order valence-corrected chi connectivity index (χ0v) is 20.2. The van der Waals surface area contributed by atoms with Gasteiger partial charge < -0.3 is 4.90 Å². The van der Waals surface area contributed by atoms with Crippen LogP contribution in [0.15, 0.2) is 36.4 Å². The van der Waals surface area contributed by atoms with Crippen LogP contribution in [0, 0.1) is 20.8 Å². The minimum Gasteiger partial charge on any atom is -0.302 e. The Balaban J connectivity index is 0.00000320. The van der Waals surface area contributed by atoms with Crippen LogP contribution in [-0.2, 0) is 11.2 Å². The van der Waals surface area contributed by atoms with Crippen molar-refractivity contribution in [3.05, 3.63) is 58.7 Å². The topological polar surface area (TPSA) is 36.4 Å². The first-order valence-electron chi connectivity index (χ1n) is 10.4. The number of amides is 1. The van der Waals surface area contributed by atoms with Crippen LogP contribution in [0.2, 0.25) is 0 Å². The van der Waals surface area contributed by atoms with Gasteiger partial charge >= 0.3 is 0 Å². The van der Waals surface area contributed by atoms with Gasteiger partial charge in [0.1, 0.15) is 0 Å². The maximum atomic E-state index is 13.3. The molecule has 0 aliphatic heterocycles. The van der Waals surface area contributed by atoms with E-state index in [1.165, 1.54) is 11.1 Å². The Hall–Kier alpha value is -1.95. The number of aromatic nitrogens is 1. The second kappa shape index (κ2) is 10.9. The number of aryl methyl sites for hydroxylation is 3. The molecule has 2 aromatic carbocycles. The van der Waals surface area contributed by atoms with Gasteiger partial charge in [0.05, 0.1) is 16.6 Å². The highest BCUT2D eigenvalue weighted by Crippen LogP contribution is 2.31. The van der Waals surface area contributed by atoms with Crippen LogP contribution in [0.4, 0.5) is 5.13 Å². The Kier molecular flexibility index (Phi) is 8.83. The molecule has 0 aliphatic carbocycles. The lowest BCUT2D eigenvalue weighted by atomic mass is 10.0. The summed E-state index contributed by atoms with van der Waals surface area (Å²) in [5, 5.41) is 0.801. The summed E-state index contributed by atoms with van der Waals surface area (Å²) < 4.78 is 1.13. The van der Waals surface area contributed by atoms with Crippen molar-refractivity contribution in [2.24, 2.45) is 0 Å². The monoisotopic (exact) mass is 445 g/mol. The van der Waals surface area contributed by atoms with Crippen LogP contribution in [0.5, 0.6) is 0 Å². The minimum absolute atomic E-state index is 0. The fraction of sp³-hybridized carbons (Fsp3) is 0.417. The van der Waals surface area contributed by atoms with E-state index >= 15 is 0 Å². The van der Waals surface area contributed by atoms with Gasteiger partial charge in [0.25, 0.3) is 0 Å². The Morgan fingerprint density at radius 2 is 1.70 bits per heavy atom. The fourth-order valence-corrected chi connectivity index (χ4v) is 4.57. The van der Waals surface area contributed by atoms with E-state index in [1.54, 1.807) is 11.3 Å². The maximum absolute atomic E-state index is 13.3. The normalized spacial score (nSPS) is 11.0. The molecule has 0 bridgehead atoms. The molecule has 0 fully saturated rings. The highest BCUT2D eigenvalue weighted by molar-refractivity contribution is 7.22. The average molecular weight is 446 g/mol. The summed E-state index contributed by atoms with van der Waals surface area (Å²) >= 11 is 1.61. The van der Waals surface area contributed by atoms with Gasteiger partial charge in [-0.15, -0.1) is 12.4 Å². The molecule has 1 aromatic heterocycles. The largest absolute Gasteiger partial charge is 0.302 e. The Morgan fingerprint density at radius 3 is 2.33 bits per heavy atom. The van der Waals surface area contributed by atoms with Crippen molar-refractivity contribution in [2.75, 3.05) is 31.1 Å². The fourth-order valence-electron chi connectivity index (χ4n) is 3.48. The molecular formula is C24H32ClN3OS. The molecule has 0 aliphatic rings. The predicted molar refractivity (Wildman–Crippen MR) is 131 cm³/mol. The summed E-state index contributed by atoms with van der Waals surface area (Å²) in [7, 11) is 0. The first kappa shape index (κ1) is 24.3. The third-order valence-electron chi connectivity index (χ3n) is 5.60. The van der Waals surface area contributed by atoms with E-state index < -0.39 is 0 Å². The van der Waals surface area contributed by atoms with Crippen LogP contribution >= 0.6 is 23.7 Å². The van der Waals surface area contributed by atoms with Crippen LogP contribution in [0.25, 0.3) is 10.2 Å². The molecule has 0 N–H and O–H groups in total. The second-order valence-electron chi connectivity index (χ2n) is 7.59. The summed E-state index contributed by atoms with van der Waals surface area (Å²) in [5.41, 5.74) is 5.68. The van der Waals surface area contributed by atoms with Gasteiger partial charge in [-0.2, -0.15) is 0 Å². The molecule has 1 amide bonds. The first-order chi connectivity index (χ1) is 13.9. The SMILES string of the molecule is CCN(CC)CCN(C(=O)Cc1ccc(C)c(C)c1)c1nc2c(C)cccc2s1.Cl. The molecule has 162 valence electrons. The highest BCUT2D eigenvalue weighted by atomic mass is 35.5. The smallest absolute Gasteiger partial charge is 0.233 e. The number of hydrogen-bond acceptors (Lipinski definition) is 4. The van der Waals surface area contributed by atoms with E-state index in [1.807, 2.05) is 4.90 Å². The van der Waals surface area contributed by atoms with Crippen LogP contribution < -0.4 is 4.90 Å². The van der Waals surface area contributed by atoms with Crippen LogP contribution in [0.3, 0.4) is 0 Å². The molecular weight excluding hydrogens is 414 g/mol. The first-order valence-corrected chi connectivity index (χ1v) is 11.2. The van der Waals surface area contributed by atoms with Gasteiger partial charge in [-0.05, 0) is 62.2 Å². The molecule has 1 heterocycles. The van der Waals surface area contributed by atoms with Crippen molar-refractivity contribution in [1.29, 1.82) is 0 Å². The number of rotatable bonds is 8. The number of nitrogens with zero attached hydrogens (tertiary/aromatic N) is 3. The molecule has 3 rings (SSSR count). The number of carbonyl (C=O) groups is 1. The molecule has 0 radical (unpaired) electrons. The molecule has 0 spiro atoms. The zero-order chi connectivity index (χ0) is 21.0. The zero-order valence-electron chi connectivity index (χ0n) is 18.6.